The summed E-state index contributed by atoms with van der Waals surface area (Å²) in [4.78, 5) is 10.6. The fourth-order valence-corrected chi connectivity index (χ4v) is 2.26. The normalized spacial score (nSPS) is 21.1. The molecule has 2 rings (SSSR count). The largest absolute Gasteiger partial charge is 0.356 e. The van der Waals surface area contributed by atoms with Crippen LogP contribution in [-0.4, -0.2) is 36.1 Å². The van der Waals surface area contributed by atoms with Gasteiger partial charge in [0.25, 0.3) is 0 Å². The molecule has 1 atom stereocenters. The van der Waals surface area contributed by atoms with Crippen LogP contribution in [0, 0.1) is 5.92 Å². The topological polar surface area (TPSA) is 41.0 Å². The Morgan fingerprint density at radius 2 is 2.50 bits per heavy atom. The molecule has 0 spiro atoms. The molecular formula is C12H20N4. The Labute approximate surface area is 97.1 Å². The third kappa shape index (κ3) is 2.92. The third-order valence-electron chi connectivity index (χ3n) is 3.09. The highest BCUT2D eigenvalue weighted by atomic mass is 15.2. The van der Waals surface area contributed by atoms with E-state index in [1.807, 2.05) is 12.3 Å². The minimum absolute atomic E-state index is 0.753. The highest BCUT2D eigenvalue weighted by Crippen LogP contribution is 2.20. The van der Waals surface area contributed by atoms with E-state index in [1.165, 1.54) is 12.8 Å². The van der Waals surface area contributed by atoms with Crippen LogP contribution in [-0.2, 0) is 0 Å². The Morgan fingerprint density at radius 1 is 1.56 bits per heavy atom. The first kappa shape index (κ1) is 11.3. The Hall–Kier alpha value is -1.16. The van der Waals surface area contributed by atoms with Crippen LogP contribution in [0.15, 0.2) is 18.6 Å². The number of hydrogen-bond donors (Lipinski definition) is 1. The van der Waals surface area contributed by atoms with Crippen LogP contribution in [0.1, 0.15) is 19.8 Å². The maximum Gasteiger partial charge on any atom is 0.131 e. The molecule has 1 saturated heterocycles. The SMILES string of the molecule is CCNCC1CCCN(c2ccncn2)C1. The molecule has 1 N–H and O–H groups in total. The van der Waals surface area contributed by atoms with E-state index < -0.39 is 0 Å². The Morgan fingerprint density at radius 3 is 3.25 bits per heavy atom. The lowest BCUT2D eigenvalue weighted by atomic mass is 9.98. The quantitative estimate of drug-likeness (QED) is 0.830. The molecule has 1 fully saturated rings. The van der Waals surface area contributed by atoms with Gasteiger partial charge in [0.15, 0.2) is 0 Å². The van der Waals surface area contributed by atoms with Crippen molar-refractivity contribution in [1.29, 1.82) is 0 Å². The van der Waals surface area contributed by atoms with E-state index in [-0.39, 0.29) is 0 Å². The van der Waals surface area contributed by atoms with E-state index in [0.29, 0.717) is 0 Å². The summed E-state index contributed by atoms with van der Waals surface area (Å²) in [5, 5.41) is 3.43. The van der Waals surface area contributed by atoms with Crippen molar-refractivity contribution in [3.05, 3.63) is 18.6 Å². The molecule has 0 bridgehead atoms. The van der Waals surface area contributed by atoms with Crippen molar-refractivity contribution < 1.29 is 0 Å². The molecule has 0 saturated carbocycles. The molecule has 0 aromatic carbocycles. The molecule has 88 valence electrons. The van der Waals surface area contributed by atoms with Crippen LogP contribution in [0.5, 0.6) is 0 Å². The summed E-state index contributed by atoms with van der Waals surface area (Å²) in [6.45, 7) is 6.58. The van der Waals surface area contributed by atoms with Crippen molar-refractivity contribution in [3.8, 4) is 0 Å². The number of nitrogens with one attached hydrogen (secondary N) is 1. The smallest absolute Gasteiger partial charge is 0.131 e. The lowest BCUT2D eigenvalue weighted by Gasteiger charge is -2.33. The van der Waals surface area contributed by atoms with Gasteiger partial charge in [0.2, 0.25) is 0 Å². The minimum atomic E-state index is 0.753. The molecule has 0 aliphatic carbocycles. The van der Waals surface area contributed by atoms with Crippen LogP contribution in [0.25, 0.3) is 0 Å². The predicted molar refractivity (Wildman–Crippen MR) is 65.5 cm³/mol. The summed E-state index contributed by atoms with van der Waals surface area (Å²) in [6.07, 6.45) is 6.04. The zero-order valence-corrected chi connectivity index (χ0v) is 9.89. The van der Waals surface area contributed by atoms with Gasteiger partial charge in [0, 0.05) is 19.3 Å². The van der Waals surface area contributed by atoms with Crippen LogP contribution >= 0.6 is 0 Å². The van der Waals surface area contributed by atoms with Crippen molar-refractivity contribution in [1.82, 2.24) is 15.3 Å². The maximum absolute atomic E-state index is 4.31. The van der Waals surface area contributed by atoms with Gasteiger partial charge in [0.1, 0.15) is 12.1 Å². The maximum atomic E-state index is 4.31. The van der Waals surface area contributed by atoms with E-state index in [1.54, 1.807) is 6.33 Å². The van der Waals surface area contributed by atoms with E-state index in [0.717, 1.165) is 37.9 Å². The lowest BCUT2D eigenvalue weighted by molar-refractivity contribution is 0.394. The summed E-state index contributed by atoms with van der Waals surface area (Å²) in [6, 6.07) is 2.00. The zero-order valence-electron chi connectivity index (χ0n) is 9.89. The first-order valence-corrected chi connectivity index (χ1v) is 6.12. The molecule has 1 aromatic rings. The summed E-state index contributed by atoms with van der Waals surface area (Å²) in [5.74, 6) is 1.82. The molecule has 1 unspecified atom stereocenters. The van der Waals surface area contributed by atoms with Gasteiger partial charge < -0.3 is 10.2 Å². The number of rotatable bonds is 4. The minimum Gasteiger partial charge on any atom is -0.356 e. The average molecular weight is 220 g/mol. The predicted octanol–water partition coefficient (Wildman–Crippen LogP) is 1.30. The van der Waals surface area contributed by atoms with E-state index >= 15 is 0 Å². The van der Waals surface area contributed by atoms with E-state index in [2.05, 4.69) is 27.1 Å². The first-order chi connectivity index (χ1) is 7.90. The molecule has 2 heterocycles. The van der Waals surface area contributed by atoms with Gasteiger partial charge in [-0.05, 0) is 37.9 Å². The van der Waals surface area contributed by atoms with Crippen LogP contribution < -0.4 is 10.2 Å². The summed E-state index contributed by atoms with van der Waals surface area (Å²) in [7, 11) is 0. The zero-order chi connectivity index (χ0) is 11.2. The van der Waals surface area contributed by atoms with Gasteiger partial charge in [-0.1, -0.05) is 6.92 Å². The molecule has 0 radical (unpaired) electrons. The highest BCUT2D eigenvalue weighted by molar-refractivity contribution is 5.36. The van der Waals surface area contributed by atoms with E-state index in [9.17, 15) is 0 Å². The average Bonchev–Trinajstić information content (AvgIpc) is 2.38. The Balaban J connectivity index is 1.91. The molecule has 0 amide bonds. The van der Waals surface area contributed by atoms with Gasteiger partial charge >= 0.3 is 0 Å². The van der Waals surface area contributed by atoms with E-state index in [4.69, 9.17) is 0 Å². The summed E-state index contributed by atoms with van der Waals surface area (Å²) < 4.78 is 0. The fraction of sp³-hybridized carbons (Fsp3) is 0.667. The first-order valence-electron chi connectivity index (χ1n) is 6.12. The third-order valence-corrected chi connectivity index (χ3v) is 3.09. The molecule has 4 nitrogen and oxygen atoms in total. The van der Waals surface area contributed by atoms with Crippen LogP contribution in [0.2, 0.25) is 0 Å². The molecule has 1 aliphatic heterocycles. The molecule has 1 aromatic heterocycles. The Bertz CT molecular complexity index is 301. The summed E-state index contributed by atoms with van der Waals surface area (Å²) >= 11 is 0. The second-order valence-corrected chi connectivity index (χ2v) is 4.33. The number of aromatic nitrogens is 2. The van der Waals surface area contributed by atoms with Crippen LogP contribution in [0.3, 0.4) is 0 Å². The monoisotopic (exact) mass is 220 g/mol. The summed E-state index contributed by atoms with van der Waals surface area (Å²) in [5.41, 5.74) is 0. The number of hydrogen-bond acceptors (Lipinski definition) is 4. The fourth-order valence-electron chi connectivity index (χ4n) is 2.26. The van der Waals surface area contributed by atoms with Crippen LogP contribution in [0.4, 0.5) is 5.82 Å². The van der Waals surface area contributed by atoms with Gasteiger partial charge in [0.05, 0.1) is 0 Å². The van der Waals surface area contributed by atoms with Gasteiger partial charge in [-0.15, -0.1) is 0 Å². The van der Waals surface area contributed by atoms with Crippen molar-refractivity contribution in [2.75, 3.05) is 31.1 Å². The lowest BCUT2D eigenvalue weighted by Crippen LogP contribution is -2.40. The molecule has 16 heavy (non-hydrogen) atoms. The van der Waals surface area contributed by atoms with Crippen molar-refractivity contribution in [2.24, 2.45) is 5.92 Å². The number of nitrogens with zero attached hydrogens (tertiary/aromatic N) is 3. The van der Waals surface area contributed by atoms with Gasteiger partial charge in [-0.3, -0.25) is 0 Å². The van der Waals surface area contributed by atoms with Gasteiger partial charge in [-0.2, -0.15) is 0 Å². The highest BCUT2D eigenvalue weighted by Gasteiger charge is 2.20. The molecule has 4 heteroatoms. The second kappa shape index (κ2) is 5.80. The second-order valence-electron chi connectivity index (χ2n) is 4.33. The van der Waals surface area contributed by atoms with Crippen molar-refractivity contribution >= 4 is 5.82 Å². The standard InChI is InChI=1S/C12H20N4/c1-2-13-8-11-4-3-7-16(9-11)12-5-6-14-10-15-12/h5-6,10-11,13H,2-4,7-9H2,1H3. The molecular weight excluding hydrogens is 200 g/mol. The number of anilines is 1. The van der Waals surface area contributed by atoms with Crippen molar-refractivity contribution in [3.63, 3.8) is 0 Å². The van der Waals surface area contributed by atoms with Crippen molar-refractivity contribution in [2.45, 2.75) is 19.8 Å². The Kier molecular flexibility index (Phi) is 4.10. The number of piperidine rings is 1. The van der Waals surface area contributed by atoms with Gasteiger partial charge in [-0.25, -0.2) is 9.97 Å². The molecule has 1 aliphatic rings.